The van der Waals surface area contributed by atoms with Crippen molar-refractivity contribution in [1.82, 2.24) is 4.90 Å². The van der Waals surface area contributed by atoms with Crippen LogP contribution in [0.25, 0.3) is 0 Å². The first-order valence-corrected chi connectivity index (χ1v) is 7.85. The zero-order valence-electron chi connectivity index (χ0n) is 11.7. The Morgan fingerprint density at radius 1 is 1.00 bits per heavy atom. The fourth-order valence-electron chi connectivity index (χ4n) is 5.06. The Hall–Kier alpha value is -0.900. The molecule has 0 amide bonds. The molecular formula is C17H23NO2. The summed E-state index contributed by atoms with van der Waals surface area (Å²) >= 11 is 0. The molecule has 6 atom stereocenters. The third-order valence-electron chi connectivity index (χ3n) is 5.79. The zero-order valence-corrected chi connectivity index (χ0v) is 11.7. The normalized spacial score (nSPS) is 43.7. The van der Waals surface area contributed by atoms with Crippen LogP contribution in [0.3, 0.4) is 0 Å². The number of likely N-dealkylation sites (tertiary alicyclic amines) is 1. The van der Waals surface area contributed by atoms with Gasteiger partial charge >= 0.3 is 0 Å². The van der Waals surface area contributed by atoms with Gasteiger partial charge in [0.25, 0.3) is 0 Å². The van der Waals surface area contributed by atoms with Gasteiger partial charge in [-0.1, -0.05) is 30.3 Å². The van der Waals surface area contributed by atoms with E-state index in [9.17, 15) is 10.2 Å². The SMILES string of the molecule is O[C@@H]1[C@@H]2[C@H]3C[C@@H](CN(Cc4ccccc4)C3)[C@H]2C[C@H]1O. The second-order valence-electron chi connectivity index (χ2n) is 6.97. The fraction of sp³-hybridized carbons (Fsp3) is 0.647. The highest BCUT2D eigenvalue weighted by Crippen LogP contribution is 2.53. The van der Waals surface area contributed by atoms with Gasteiger partial charge in [-0.25, -0.2) is 0 Å². The summed E-state index contributed by atoms with van der Waals surface area (Å²) in [6.07, 6.45) is 1.11. The van der Waals surface area contributed by atoms with Crippen LogP contribution < -0.4 is 0 Å². The molecule has 0 unspecified atom stereocenters. The maximum atomic E-state index is 10.2. The summed E-state index contributed by atoms with van der Waals surface area (Å²) in [5, 5.41) is 20.1. The summed E-state index contributed by atoms with van der Waals surface area (Å²) in [5.74, 6) is 2.14. The molecule has 1 saturated heterocycles. The minimum absolute atomic E-state index is 0.343. The number of fused-ring (bicyclic) bond motifs is 5. The molecule has 2 N–H and O–H groups in total. The third kappa shape index (κ3) is 2.00. The van der Waals surface area contributed by atoms with E-state index in [1.54, 1.807) is 0 Å². The molecule has 1 aromatic carbocycles. The van der Waals surface area contributed by atoms with Crippen molar-refractivity contribution in [3.8, 4) is 0 Å². The van der Waals surface area contributed by atoms with E-state index in [0.717, 1.165) is 26.1 Å². The number of hydrogen-bond donors (Lipinski definition) is 2. The van der Waals surface area contributed by atoms with E-state index in [1.807, 2.05) is 0 Å². The third-order valence-corrected chi connectivity index (χ3v) is 5.79. The Morgan fingerprint density at radius 2 is 1.75 bits per heavy atom. The summed E-state index contributed by atoms with van der Waals surface area (Å²) < 4.78 is 0. The Kier molecular flexibility index (Phi) is 3.09. The average molecular weight is 273 g/mol. The molecule has 4 rings (SSSR count). The van der Waals surface area contributed by atoms with Crippen molar-refractivity contribution in [2.75, 3.05) is 13.1 Å². The number of nitrogens with zero attached hydrogens (tertiary/aromatic N) is 1. The molecule has 0 aromatic heterocycles. The van der Waals surface area contributed by atoms with Crippen LogP contribution in [0.1, 0.15) is 18.4 Å². The quantitative estimate of drug-likeness (QED) is 0.858. The first-order chi connectivity index (χ1) is 9.72. The molecule has 3 heteroatoms. The largest absolute Gasteiger partial charge is 0.390 e. The number of benzene rings is 1. The van der Waals surface area contributed by atoms with Crippen molar-refractivity contribution < 1.29 is 10.2 Å². The maximum Gasteiger partial charge on any atom is 0.0833 e. The van der Waals surface area contributed by atoms with Crippen molar-refractivity contribution in [1.29, 1.82) is 0 Å². The summed E-state index contributed by atoms with van der Waals surface area (Å²) in [7, 11) is 0. The Labute approximate surface area is 120 Å². The van der Waals surface area contributed by atoms with Gasteiger partial charge in [0.05, 0.1) is 12.2 Å². The molecule has 1 aliphatic heterocycles. The zero-order chi connectivity index (χ0) is 13.7. The summed E-state index contributed by atoms with van der Waals surface area (Å²) in [4.78, 5) is 2.55. The molecule has 3 fully saturated rings. The van der Waals surface area contributed by atoms with Crippen molar-refractivity contribution >= 4 is 0 Å². The lowest BCUT2D eigenvalue weighted by Crippen LogP contribution is -2.39. The number of piperidine rings is 1. The second kappa shape index (κ2) is 4.83. The van der Waals surface area contributed by atoms with Crippen LogP contribution >= 0.6 is 0 Å². The van der Waals surface area contributed by atoms with E-state index in [0.29, 0.717) is 23.7 Å². The van der Waals surface area contributed by atoms with Gasteiger partial charge in [-0.15, -0.1) is 0 Å². The molecule has 1 heterocycles. The van der Waals surface area contributed by atoms with Crippen LogP contribution in [-0.2, 0) is 6.54 Å². The predicted molar refractivity (Wildman–Crippen MR) is 76.9 cm³/mol. The minimum atomic E-state index is -0.480. The van der Waals surface area contributed by atoms with E-state index < -0.39 is 12.2 Å². The van der Waals surface area contributed by atoms with Crippen molar-refractivity contribution in [2.24, 2.45) is 23.7 Å². The molecule has 3 aliphatic rings. The molecule has 0 radical (unpaired) electrons. The van der Waals surface area contributed by atoms with Gasteiger partial charge in [0, 0.05) is 19.6 Å². The van der Waals surface area contributed by atoms with Gasteiger partial charge in [0.1, 0.15) is 0 Å². The van der Waals surface area contributed by atoms with Crippen molar-refractivity contribution in [3.05, 3.63) is 35.9 Å². The minimum Gasteiger partial charge on any atom is -0.390 e. The first-order valence-electron chi connectivity index (χ1n) is 7.85. The maximum absolute atomic E-state index is 10.2. The van der Waals surface area contributed by atoms with Crippen LogP contribution in [-0.4, -0.2) is 40.4 Å². The monoisotopic (exact) mass is 273 g/mol. The summed E-state index contributed by atoms with van der Waals surface area (Å²) in [5.41, 5.74) is 1.37. The van der Waals surface area contributed by atoms with Gasteiger partial charge < -0.3 is 10.2 Å². The van der Waals surface area contributed by atoms with E-state index in [-0.39, 0.29) is 0 Å². The smallest absolute Gasteiger partial charge is 0.0833 e. The molecule has 0 spiro atoms. The van der Waals surface area contributed by atoms with Crippen molar-refractivity contribution in [3.63, 3.8) is 0 Å². The van der Waals surface area contributed by atoms with Crippen LogP contribution in [0, 0.1) is 23.7 Å². The van der Waals surface area contributed by atoms with Gasteiger partial charge in [0.2, 0.25) is 0 Å². The Morgan fingerprint density at radius 3 is 2.55 bits per heavy atom. The van der Waals surface area contributed by atoms with Crippen molar-refractivity contribution in [2.45, 2.75) is 31.6 Å². The average Bonchev–Trinajstić information content (AvgIpc) is 2.88. The number of aliphatic hydroxyl groups excluding tert-OH is 2. The lowest BCUT2D eigenvalue weighted by atomic mass is 9.90. The highest BCUT2D eigenvalue weighted by Gasteiger charge is 2.55. The van der Waals surface area contributed by atoms with Gasteiger partial charge in [-0.2, -0.15) is 0 Å². The highest BCUT2D eigenvalue weighted by molar-refractivity contribution is 5.15. The Bertz CT molecular complexity index is 477. The lowest BCUT2D eigenvalue weighted by molar-refractivity contribution is 0.000575. The molecule has 108 valence electrons. The molecular weight excluding hydrogens is 250 g/mol. The molecule has 2 aliphatic carbocycles. The van der Waals surface area contributed by atoms with E-state index in [2.05, 4.69) is 35.2 Å². The molecule has 2 bridgehead atoms. The molecule has 3 nitrogen and oxygen atoms in total. The van der Waals surface area contributed by atoms with E-state index in [4.69, 9.17) is 0 Å². The standard InChI is InChI=1S/C17H23NO2/c19-15-7-14-12-6-13(16(14)17(15)20)10-18(9-12)8-11-4-2-1-3-5-11/h1-5,12-17,19-20H,6-10H2/t12-,13-,14+,15+,16+,17-/m0/s1. The van der Waals surface area contributed by atoms with E-state index >= 15 is 0 Å². The van der Waals surface area contributed by atoms with Gasteiger partial charge in [0.15, 0.2) is 0 Å². The van der Waals surface area contributed by atoms with Gasteiger partial charge in [-0.3, -0.25) is 4.90 Å². The fourth-order valence-corrected chi connectivity index (χ4v) is 5.06. The number of aliphatic hydroxyl groups is 2. The predicted octanol–water partition coefficient (Wildman–Crippen LogP) is 1.50. The number of hydrogen-bond acceptors (Lipinski definition) is 3. The van der Waals surface area contributed by atoms with E-state index in [1.165, 1.54) is 12.0 Å². The van der Waals surface area contributed by atoms with Gasteiger partial charge in [-0.05, 0) is 42.1 Å². The first kappa shape index (κ1) is 12.8. The summed E-state index contributed by atoms with van der Waals surface area (Å²) in [6, 6.07) is 10.6. The van der Waals surface area contributed by atoms with Crippen LogP contribution in [0.15, 0.2) is 30.3 Å². The lowest BCUT2D eigenvalue weighted by Gasteiger charge is -2.34. The number of rotatable bonds is 2. The summed E-state index contributed by atoms with van der Waals surface area (Å²) in [6.45, 7) is 3.23. The molecule has 20 heavy (non-hydrogen) atoms. The van der Waals surface area contributed by atoms with Crippen LogP contribution in [0.4, 0.5) is 0 Å². The topological polar surface area (TPSA) is 43.7 Å². The Balaban J connectivity index is 1.48. The van der Waals surface area contributed by atoms with Crippen LogP contribution in [0.2, 0.25) is 0 Å². The van der Waals surface area contributed by atoms with Crippen LogP contribution in [0.5, 0.6) is 0 Å². The highest BCUT2D eigenvalue weighted by atomic mass is 16.3. The molecule has 2 saturated carbocycles. The second-order valence-corrected chi connectivity index (χ2v) is 6.97. The molecule has 1 aromatic rings.